The smallest absolute Gasteiger partial charge is 0.0770 e. The number of quaternary nitrogens is 1. The van der Waals surface area contributed by atoms with Crippen LogP contribution in [0.25, 0.3) is 0 Å². The Kier molecular flexibility index (Phi) is 49.6. The molecule has 0 rings (SSSR count). The largest absolute Gasteiger partial charge is 1.00 e. The molecule has 0 radical (unpaired) electrons. The lowest BCUT2D eigenvalue weighted by molar-refractivity contribution is -0.900. The van der Waals surface area contributed by atoms with Crippen molar-refractivity contribution in [2.45, 2.75) is 278 Å². The van der Waals surface area contributed by atoms with Crippen molar-refractivity contribution in [3.8, 4) is 0 Å². The van der Waals surface area contributed by atoms with Gasteiger partial charge in [-0.15, -0.1) is 0 Å². The summed E-state index contributed by atoms with van der Waals surface area (Å²) in [5.74, 6) is 0. The van der Waals surface area contributed by atoms with Crippen molar-refractivity contribution in [1.29, 1.82) is 0 Å². The van der Waals surface area contributed by atoms with Crippen LogP contribution in [0.1, 0.15) is 278 Å². The number of unbranched alkanes of at least 4 members (excludes halogenated alkanes) is 37. The van der Waals surface area contributed by atoms with Crippen LogP contribution < -0.4 is 17.3 Å². The summed E-state index contributed by atoms with van der Waals surface area (Å²) in [6.07, 6.45) is 58.9. The third-order valence-electron chi connectivity index (χ3n) is 11.2. The van der Waals surface area contributed by atoms with Gasteiger partial charge in [0.1, 0.15) is 0 Å². The van der Waals surface area contributed by atoms with E-state index in [-0.39, 0.29) is 12.4 Å². The molecule has 0 aliphatic carbocycles. The van der Waals surface area contributed by atoms with Crippen LogP contribution in [-0.2, 0) is 0 Å². The van der Waals surface area contributed by atoms with E-state index < -0.39 is 0 Å². The molecule has 0 aromatic heterocycles. The van der Waals surface area contributed by atoms with Crippen LogP contribution in [0.4, 0.5) is 0 Å². The molecule has 292 valence electrons. The Morgan fingerprint density at radius 2 is 0.312 bits per heavy atom. The van der Waals surface area contributed by atoms with Crippen LogP contribution in [0.2, 0.25) is 0 Å². The fraction of sp³-hybridized carbons (Fsp3) is 1.00. The Morgan fingerprint density at radius 1 is 0.188 bits per heavy atom. The molecule has 0 saturated carbocycles. The van der Waals surface area contributed by atoms with Crippen molar-refractivity contribution in [1.82, 2.24) is 0 Å². The van der Waals surface area contributed by atoms with Gasteiger partial charge in [-0.2, -0.15) is 0 Å². The van der Waals surface area contributed by atoms with E-state index in [1.807, 2.05) is 4.90 Å². The van der Waals surface area contributed by atoms with Crippen LogP contribution in [0.3, 0.4) is 0 Å². The van der Waals surface area contributed by atoms with Crippen LogP contribution in [0.5, 0.6) is 0 Å². The van der Waals surface area contributed by atoms with Crippen molar-refractivity contribution in [3.63, 3.8) is 0 Å². The van der Waals surface area contributed by atoms with Crippen LogP contribution in [0, 0.1) is 0 Å². The van der Waals surface area contributed by atoms with Crippen molar-refractivity contribution >= 4 is 0 Å². The number of nitrogens with one attached hydrogen (secondary N) is 1. The van der Waals surface area contributed by atoms with Gasteiger partial charge in [-0.25, -0.2) is 0 Å². The maximum absolute atomic E-state index is 2.33. The van der Waals surface area contributed by atoms with E-state index in [0.717, 1.165) is 0 Å². The highest BCUT2D eigenvalue weighted by molar-refractivity contribution is 4.52. The molecule has 0 aliphatic rings. The van der Waals surface area contributed by atoms with E-state index in [4.69, 9.17) is 0 Å². The zero-order valence-corrected chi connectivity index (χ0v) is 35.0. The van der Waals surface area contributed by atoms with E-state index in [9.17, 15) is 0 Å². The molecule has 0 aromatic rings. The average Bonchev–Trinajstić information content (AvgIpc) is 3.08. The third kappa shape index (κ3) is 44.3. The van der Waals surface area contributed by atoms with Gasteiger partial charge in [-0.1, -0.05) is 239 Å². The Labute approximate surface area is 313 Å². The van der Waals surface area contributed by atoms with Gasteiger partial charge < -0.3 is 17.3 Å². The molecule has 0 heterocycles. The fourth-order valence-electron chi connectivity index (χ4n) is 7.73. The monoisotopic (exact) mass is 698 g/mol. The first-order valence-corrected chi connectivity index (χ1v) is 23.2. The van der Waals surface area contributed by atoms with E-state index >= 15 is 0 Å². The summed E-state index contributed by atoms with van der Waals surface area (Å²) in [4.78, 5) is 1.95. The molecule has 0 spiro atoms. The highest BCUT2D eigenvalue weighted by atomic mass is 35.5. The van der Waals surface area contributed by atoms with Gasteiger partial charge in [-0.05, 0) is 38.5 Å². The number of hydrogen-bond donors (Lipinski definition) is 1. The average molecular weight is 699 g/mol. The topological polar surface area (TPSA) is 4.44 Å². The second-order valence-electron chi connectivity index (χ2n) is 16.1. The Bertz CT molecular complexity index is 486. The fourth-order valence-corrected chi connectivity index (χ4v) is 7.73. The van der Waals surface area contributed by atoms with Gasteiger partial charge in [0.25, 0.3) is 0 Å². The number of rotatable bonds is 43. The molecule has 48 heavy (non-hydrogen) atoms. The molecule has 0 amide bonds. The van der Waals surface area contributed by atoms with Gasteiger partial charge in [0.15, 0.2) is 0 Å². The number of halogens is 1. The molecule has 0 aromatic carbocycles. The molecule has 0 bridgehead atoms. The first-order valence-electron chi connectivity index (χ1n) is 23.2. The first-order chi connectivity index (χ1) is 23.3. The maximum atomic E-state index is 2.33. The minimum Gasteiger partial charge on any atom is -1.00 e. The molecular formula is C46H96ClN. The highest BCUT2D eigenvalue weighted by Gasteiger charge is 2.08. The minimum atomic E-state index is 0. The normalized spacial score (nSPS) is 11.5. The molecule has 2 heteroatoms. The Hall–Kier alpha value is 0.250. The standard InChI is InChI=1S/C46H95N.ClH/c1-4-7-10-13-16-19-21-23-25-27-29-31-33-36-39-42-45-47(44-41-38-35-18-15-12-9-6-3)46-43-40-37-34-32-30-28-26-24-22-20-17-14-11-8-5-2;/h4-46H2,1-3H3;1H. The van der Waals surface area contributed by atoms with Crippen molar-refractivity contribution in [2.24, 2.45) is 0 Å². The van der Waals surface area contributed by atoms with Crippen LogP contribution >= 0.6 is 0 Å². The molecule has 1 N–H and O–H groups in total. The van der Waals surface area contributed by atoms with E-state index in [1.165, 1.54) is 276 Å². The SMILES string of the molecule is CCCCCCCCCCCCCCCCCC[NH+](CCCCCCCCCC)CCCCCCCCCCCCCCCCCC.[Cl-]. The quantitative estimate of drug-likeness (QED) is 0.0605. The molecule has 0 fully saturated rings. The summed E-state index contributed by atoms with van der Waals surface area (Å²) in [6.45, 7) is 11.3. The lowest BCUT2D eigenvalue weighted by Gasteiger charge is -2.20. The van der Waals surface area contributed by atoms with E-state index in [1.54, 1.807) is 0 Å². The molecule has 1 nitrogen and oxygen atoms in total. The molecular weight excluding hydrogens is 602 g/mol. The second-order valence-corrected chi connectivity index (χ2v) is 16.1. The van der Waals surface area contributed by atoms with Crippen molar-refractivity contribution < 1.29 is 17.3 Å². The van der Waals surface area contributed by atoms with Gasteiger partial charge in [0.05, 0.1) is 19.6 Å². The molecule has 0 unspecified atom stereocenters. The molecule has 0 aliphatic heterocycles. The lowest BCUT2D eigenvalue weighted by Crippen LogP contribution is -3.12. The van der Waals surface area contributed by atoms with Gasteiger partial charge in [-0.3, -0.25) is 0 Å². The zero-order chi connectivity index (χ0) is 34.0. The first kappa shape index (κ1) is 50.4. The maximum Gasteiger partial charge on any atom is 0.0770 e. The zero-order valence-electron chi connectivity index (χ0n) is 34.3. The van der Waals surface area contributed by atoms with Crippen LogP contribution in [0.15, 0.2) is 0 Å². The lowest BCUT2D eigenvalue weighted by atomic mass is 10.0. The highest BCUT2D eigenvalue weighted by Crippen LogP contribution is 2.15. The van der Waals surface area contributed by atoms with E-state index in [2.05, 4.69) is 20.8 Å². The van der Waals surface area contributed by atoms with Gasteiger partial charge in [0, 0.05) is 0 Å². The summed E-state index contributed by atoms with van der Waals surface area (Å²) in [5.41, 5.74) is 0. The van der Waals surface area contributed by atoms with E-state index in [0.29, 0.717) is 0 Å². The van der Waals surface area contributed by atoms with Crippen molar-refractivity contribution in [2.75, 3.05) is 19.6 Å². The third-order valence-corrected chi connectivity index (χ3v) is 11.2. The Morgan fingerprint density at radius 3 is 0.458 bits per heavy atom. The summed E-state index contributed by atoms with van der Waals surface area (Å²) in [5, 5.41) is 0. The predicted molar refractivity (Wildman–Crippen MR) is 217 cm³/mol. The summed E-state index contributed by atoms with van der Waals surface area (Å²) < 4.78 is 0. The van der Waals surface area contributed by atoms with Crippen molar-refractivity contribution in [3.05, 3.63) is 0 Å². The van der Waals surface area contributed by atoms with Gasteiger partial charge >= 0.3 is 0 Å². The molecule has 0 atom stereocenters. The summed E-state index contributed by atoms with van der Waals surface area (Å²) in [7, 11) is 0. The second kappa shape index (κ2) is 47.2. The molecule has 0 saturated heterocycles. The van der Waals surface area contributed by atoms with Gasteiger partial charge in [0.2, 0.25) is 0 Å². The van der Waals surface area contributed by atoms with Crippen LogP contribution in [-0.4, -0.2) is 19.6 Å². The summed E-state index contributed by atoms with van der Waals surface area (Å²) in [6, 6.07) is 0. The minimum absolute atomic E-state index is 0. The predicted octanol–water partition coefficient (Wildman–Crippen LogP) is 12.5. The summed E-state index contributed by atoms with van der Waals surface area (Å²) >= 11 is 0. The Balaban J connectivity index is 0. The number of hydrogen-bond acceptors (Lipinski definition) is 0.